The summed E-state index contributed by atoms with van der Waals surface area (Å²) in [6.07, 6.45) is 4.92. The molecule has 0 fully saturated rings. The largest absolute Gasteiger partial charge is 0.467 e. The lowest BCUT2D eigenvalue weighted by Crippen LogP contribution is -2.31. The number of hydrazone groups is 1. The molecule has 7 nitrogen and oxygen atoms in total. The summed E-state index contributed by atoms with van der Waals surface area (Å²) in [6.45, 7) is -0.458. The van der Waals surface area contributed by atoms with Gasteiger partial charge in [-0.2, -0.15) is 5.10 Å². The Hall–Kier alpha value is -2.97. The number of esters is 1. The Morgan fingerprint density at radius 1 is 1.23 bits per heavy atom. The number of rotatable bonds is 5. The number of carbonyl (C=O) groups excluding carboxylic acids is 2. The molecule has 4 rings (SSSR count). The lowest BCUT2D eigenvalue weighted by atomic mass is 10.0. The molecule has 3 aromatic rings. The summed E-state index contributed by atoms with van der Waals surface area (Å²) >= 11 is 9.21. The number of hydrogen-bond acceptors (Lipinski definition) is 6. The summed E-state index contributed by atoms with van der Waals surface area (Å²) in [5.74, 6) is -0.511. The van der Waals surface area contributed by atoms with Crippen molar-refractivity contribution in [3.05, 3.63) is 87.5 Å². The summed E-state index contributed by atoms with van der Waals surface area (Å²) in [4.78, 5) is 29.0. The molecular weight excluding hydrogens is 474 g/mol. The molecule has 30 heavy (non-hydrogen) atoms. The van der Waals surface area contributed by atoms with E-state index in [1.54, 1.807) is 42.8 Å². The first-order chi connectivity index (χ1) is 14.5. The van der Waals surface area contributed by atoms with E-state index in [1.807, 2.05) is 12.1 Å². The maximum atomic E-state index is 12.8. The summed E-state index contributed by atoms with van der Waals surface area (Å²) in [6, 6.07) is 11.9. The molecule has 1 aromatic carbocycles. The van der Waals surface area contributed by atoms with Gasteiger partial charge in [-0.05, 0) is 51.8 Å². The molecule has 1 aliphatic heterocycles. The summed E-state index contributed by atoms with van der Waals surface area (Å²) < 4.78 is 11.3. The second-order valence-electron chi connectivity index (χ2n) is 6.50. The molecule has 0 aliphatic carbocycles. The minimum absolute atomic E-state index is 0.242. The van der Waals surface area contributed by atoms with Gasteiger partial charge in [0.1, 0.15) is 11.8 Å². The number of carbonyl (C=O) groups is 2. The van der Waals surface area contributed by atoms with Gasteiger partial charge in [-0.1, -0.05) is 23.7 Å². The van der Waals surface area contributed by atoms with Crippen molar-refractivity contribution in [2.45, 2.75) is 12.5 Å². The van der Waals surface area contributed by atoms with Gasteiger partial charge < -0.3 is 9.15 Å². The third-order valence-corrected chi connectivity index (χ3v) is 5.17. The molecular formula is C21H15BrClN3O4. The highest BCUT2D eigenvalue weighted by Crippen LogP contribution is 2.33. The summed E-state index contributed by atoms with van der Waals surface area (Å²) in [5.41, 5.74) is 1.80. The first kappa shape index (κ1) is 20.3. The third-order valence-electron chi connectivity index (χ3n) is 4.48. The van der Waals surface area contributed by atoms with Crippen molar-refractivity contribution in [2.75, 3.05) is 6.61 Å². The topological polar surface area (TPSA) is 85.0 Å². The minimum Gasteiger partial charge on any atom is -0.467 e. The van der Waals surface area contributed by atoms with Crippen LogP contribution in [0.5, 0.6) is 0 Å². The highest BCUT2D eigenvalue weighted by atomic mass is 79.9. The van der Waals surface area contributed by atoms with E-state index in [4.69, 9.17) is 20.8 Å². The number of aromatic nitrogens is 1. The van der Waals surface area contributed by atoms with E-state index in [1.165, 1.54) is 11.2 Å². The molecule has 0 N–H and O–H groups in total. The van der Waals surface area contributed by atoms with Crippen LogP contribution >= 0.6 is 27.5 Å². The lowest BCUT2D eigenvalue weighted by Gasteiger charge is -2.19. The maximum Gasteiger partial charge on any atom is 0.340 e. The molecule has 0 saturated heterocycles. The monoisotopic (exact) mass is 487 g/mol. The zero-order valence-electron chi connectivity index (χ0n) is 15.5. The van der Waals surface area contributed by atoms with Gasteiger partial charge in [-0.3, -0.25) is 9.78 Å². The molecule has 1 atom stereocenters. The number of halogens is 2. The van der Waals surface area contributed by atoms with Gasteiger partial charge in [0.2, 0.25) is 0 Å². The first-order valence-electron chi connectivity index (χ1n) is 8.98. The van der Waals surface area contributed by atoms with E-state index in [0.717, 1.165) is 5.56 Å². The van der Waals surface area contributed by atoms with Gasteiger partial charge in [-0.25, -0.2) is 9.80 Å². The summed E-state index contributed by atoms with van der Waals surface area (Å²) in [5, 5.41) is 6.39. The zero-order valence-corrected chi connectivity index (χ0v) is 17.8. The van der Waals surface area contributed by atoms with Crippen LogP contribution in [-0.4, -0.2) is 34.2 Å². The van der Waals surface area contributed by atoms with Crippen molar-refractivity contribution in [3.8, 4) is 0 Å². The number of nitrogens with zero attached hydrogens (tertiary/aromatic N) is 3. The van der Waals surface area contributed by atoms with Gasteiger partial charge in [0, 0.05) is 28.3 Å². The molecule has 0 radical (unpaired) electrons. The van der Waals surface area contributed by atoms with Gasteiger partial charge in [0.15, 0.2) is 6.61 Å². The van der Waals surface area contributed by atoms with Crippen LogP contribution < -0.4 is 0 Å². The van der Waals surface area contributed by atoms with Crippen molar-refractivity contribution in [3.63, 3.8) is 0 Å². The third kappa shape index (κ3) is 4.44. The molecule has 1 aliphatic rings. The molecule has 1 amide bonds. The molecule has 0 unspecified atom stereocenters. The smallest absolute Gasteiger partial charge is 0.340 e. The van der Waals surface area contributed by atoms with E-state index in [-0.39, 0.29) is 5.56 Å². The van der Waals surface area contributed by atoms with Gasteiger partial charge >= 0.3 is 5.97 Å². The fraction of sp³-hybridized carbons (Fsp3) is 0.143. The lowest BCUT2D eigenvalue weighted by molar-refractivity contribution is -0.136. The number of ether oxygens (including phenoxy) is 1. The SMILES string of the molecule is O=C(OCC(=O)N1N=C(c2ccc(Cl)cc2)C[C@@H]1c1ccco1)c1cncc(Br)c1. The highest BCUT2D eigenvalue weighted by molar-refractivity contribution is 9.10. The van der Waals surface area contributed by atoms with Gasteiger partial charge in [-0.15, -0.1) is 0 Å². The highest BCUT2D eigenvalue weighted by Gasteiger charge is 2.35. The number of hydrogen-bond donors (Lipinski definition) is 0. The van der Waals surface area contributed by atoms with E-state index >= 15 is 0 Å². The first-order valence-corrected chi connectivity index (χ1v) is 10.1. The number of furan rings is 1. The fourth-order valence-corrected chi connectivity index (χ4v) is 3.55. The zero-order chi connectivity index (χ0) is 21.1. The standard InChI is InChI=1S/C21H15BrClN3O4/c22-15-8-14(10-24-11-15)21(28)30-12-20(27)26-18(19-2-1-7-29-19)9-17(25-26)13-3-5-16(23)6-4-13/h1-8,10-11,18H,9,12H2/t18-/m1/s1. The van der Waals surface area contributed by atoms with Crippen LogP contribution in [0.1, 0.15) is 34.1 Å². The Morgan fingerprint density at radius 2 is 2.03 bits per heavy atom. The van der Waals surface area contributed by atoms with E-state index < -0.39 is 24.5 Å². The van der Waals surface area contributed by atoms with Crippen LogP contribution in [0.25, 0.3) is 0 Å². The number of pyridine rings is 1. The van der Waals surface area contributed by atoms with Crippen LogP contribution in [0.2, 0.25) is 5.02 Å². The molecule has 3 heterocycles. The number of amides is 1. The molecule has 2 aromatic heterocycles. The Morgan fingerprint density at radius 3 is 2.73 bits per heavy atom. The van der Waals surface area contributed by atoms with Crippen LogP contribution in [-0.2, 0) is 9.53 Å². The molecule has 0 saturated carbocycles. The quantitative estimate of drug-likeness (QED) is 0.489. The van der Waals surface area contributed by atoms with Crippen molar-refractivity contribution < 1.29 is 18.7 Å². The van der Waals surface area contributed by atoms with Crippen LogP contribution in [0, 0.1) is 0 Å². The van der Waals surface area contributed by atoms with Gasteiger partial charge in [0.05, 0.1) is 17.5 Å². The molecule has 0 spiro atoms. The molecule has 152 valence electrons. The van der Waals surface area contributed by atoms with E-state index in [2.05, 4.69) is 26.0 Å². The summed E-state index contributed by atoms with van der Waals surface area (Å²) in [7, 11) is 0. The molecule has 9 heteroatoms. The Kier molecular flexibility index (Phi) is 5.96. The van der Waals surface area contributed by atoms with Crippen LogP contribution in [0.3, 0.4) is 0 Å². The fourth-order valence-electron chi connectivity index (χ4n) is 3.06. The van der Waals surface area contributed by atoms with Crippen LogP contribution in [0.4, 0.5) is 0 Å². The second-order valence-corrected chi connectivity index (χ2v) is 7.85. The Balaban J connectivity index is 1.51. The maximum absolute atomic E-state index is 12.8. The Bertz CT molecular complexity index is 1100. The van der Waals surface area contributed by atoms with Crippen molar-refractivity contribution in [2.24, 2.45) is 5.10 Å². The van der Waals surface area contributed by atoms with Crippen LogP contribution in [0.15, 0.2) is 75.1 Å². The number of benzene rings is 1. The second kappa shape index (κ2) is 8.81. The van der Waals surface area contributed by atoms with Crippen molar-refractivity contribution in [1.82, 2.24) is 9.99 Å². The molecule has 0 bridgehead atoms. The van der Waals surface area contributed by atoms with Gasteiger partial charge in [0.25, 0.3) is 5.91 Å². The average molecular weight is 489 g/mol. The normalized spacial score (nSPS) is 15.7. The minimum atomic E-state index is -0.646. The van der Waals surface area contributed by atoms with E-state index in [9.17, 15) is 9.59 Å². The average Bonchev–Trinajstić information content (AvgIpc) is 3.42. The van der Waals surface area contributed by atoms with Crippen molar-refractivity contribution in [1.29, 1.82) is 0 Å². The van der Waals surface area contributed by atoms with Crippen molar-refractivity contribution >= 4 is 45.1 Å². The predicted molar refractivity (Wildman–Crippen MR) is 113 cm³/mol. The predicted octanol–water partition coefficient (Wildman–Crippen LogP) is 4.63. The van der Waals surface area contributed by atoms with E-state index in [0.29, 0.717) is 27.4 Å². The Labute approximate surface area is 185 Å².